The lowest BCUT2D eigenvalue weighted by molar-refractivity contribution is 0.0950. The maximum Gasteiger partial charge on any atom is 0.254 e. The number of nitrogens with one attached hydrogen (secondary N) is 1. The summed E-state index contributed by atoms with van der Waals surface area (Å²) in [7, 11) is 0. The highest BCUT2D eigenvalue weighted by atomic mass is 32.1. The number of halogens is 1. The lowest BCUT2D eigenvalue weighted by Crippen LogP contribution is -2.26. The molecular weight excluding hydrogens is 241 g/mol. The van der Waals surface area contributed by atoms with Crippen molar-refractivity contribution in [2.45, 2.75) is 6.42 Å². The van der Waals surface area contributed by atoms with E-state index >= 15 is 0 Å². The van der Waals surface area contributed by atoms with Crippen LogP contribution in [0.15, 0.2) is 29.4 Å². The summed E-state index contributed by atoms with van der Waals surface area (Å²) in [6, 6.07) is 1.35. The molecule has 0 saturated heterocycles. The van der Waals surface area contributed by atoms with Gasteiger partial charge in [0.1, 0.15) is 0 Å². The van der Waals surface area contributed by atoms with Gasteiger partial charge in [0.25, 0.3) is 5.91 Å². The van der Waals surface area contributed by atoms with Gasteiger partial charge in [-0.25, -0.2) is 9.37 Å². The van der Waals surface area contributed by atoms with Crippen molar-refractivity contribution < 1.29 is 9.18 Å². The molecule has 2 heterocycles. The van der Waals surface area contributed by atoms with E-state index in [4.69, 9.17) is 0 Å². The normalized spacial score (nSPS) is 10.2. The summed E-state index contributed by atoms with van der Waals surface area (Å²) in [4.78, 5) is 19.3. The Bertz CT molecular complexity index is 501. The summed E-state index contributed by atoms with van der Waals surface area (Å²) in [5.41, 5.74) is 2.67. The van der Waals surface area contributed by atoms with Crippen molar-refractivity contribution in [2.75, 3.05) is 6.54 Å². The Morgan fingerprint density at radius 2 is 2.41 bits per heavy atom. The number of nitrogens with zero attached hydrogens (tertiary/aromatic N) is 2. The van der Waals surface area contributed by atoms with E-state index < -0.39 is 11.7 Å². The number of carbonyl (C=O) groups excluding carboxylic acids is 1. The third-order valence-corrected chi connectivity index (χ3v) is 2.80. The Morgan fingerprint density at radius 1 is 1.53 bits per heavy atom. The minimum Gasteiger partial charge on any atom is -0.352 e. The third-order valence-electron chi connectivity index (χ3n) is 2.17. The van der Waals surface area contributed by atoms with Crippen LogP contribution in [0.2, 0.25) is 0 Å². The zero-order valence-corrected chi connectivity index (χ0v) is 9.71. The number of rotatable bonds is 4. The molecule has 2 rings (SSSR count). The van der Waals surface area contributed by atoms with E-state index in [1.807, 2.05) is 5.38 Å². The van der Waals surface area contributed by atoms with E-state index in [1.165, 1.54) is 23.6 Å². The van der Waals surface area contributed by atoms with E-state index in [-0.39, 0.29) is 5.56 Å². The van der Waals surface area contributed by atoms with Crippen molar-refractivity contribution in [1.82, 2.24) is 15.3 Å². The molecule has 0 unspecified atom stereocenters. The fourth-order valence-corrected chi connectivity index (χ4v) is 1.91. The summed E-state index contributed by atoms with van der Waals surface area (Å²) < 4.78 is 13.2. The van der Waals surface area contributed by atoms with Gasteiger partial charge < -0.3 is 5.32 Å². The monoisotopic (exact) mass is 251 g/mol. The second kappa shape index (κ2) is 5.49. The van der Waals surface area contributed by atoms with E-state index in [9.17, 15) is 9.18 Å². The van der Waals surface area contributed by atoms with Crippen LogP contribution >= 0.6 is 11.3 Å². The molecule has 6 heteroatoms. The van der Waals surface area contributed by atoms with Crippen molar-refractivity contribution >= 4 is 17.2 Å². The van der Waals surface area contributed by atoms with Crippen molar-refractivity contribution in [2.24, 2.45) is 0 Å². The quantitative estimate of drug-likeness (QED) is 0.899. The molecule has 0 aliphatic rings. The lowest BCUT2D eigenvalue weighted by atomic mass is 10.2. The van der Waals surface area contributed by atoms with Crippen LogP contribution in [0.3, 0.4) is 0 Å². The van der Waals surface area contributed by atoms with Gasteiger partial charge in [0, 0.05) is 24.5 Å². The van der Waals surface area contributed by atoms with Crippen LogP contribution in [0.1, 0.15) is 16.1 Å². The molecule has 0 saturated carbocycles. The number of carbonyl (C=O) groups is 1. The summed E-state index contributed by atoms with van der Waals surface area (Å²) in [5.74, 6) is -1.04. The minimum atomic E-state index is -0.612. The van der Waals surface area contributed by atoms with Gasteiger partial charge in [-0.3, -0.25) is 9.78 Å². The molecule has 0 atom stereocenters. The summed E-state index contributed by atoms with van der Waals surface area (Å²) in [6.07, 6.45) is 3.05. The smallest absolute Gasteiger partial charge is 0.254 e. The first-order valence-corrected chi connectivity index (χ1v) is 5.96. The first-order valence-electron chi connectivity index (χ1n) is 5.02. The van der Waals surface area contributed by atoms with Crippen LogP contribution in [-0.2, 0) is 6.42 Å². The molecule has 17 heavy (non-hydrogen) atoms. The van der Waals surface area contributed by atoms with Gasteiger partial charge in [-0.1, -0.05) is 0 Å². The second-order valence-corrected chi connectivity index (χ2v) is 4.06. The summed E-state index contributed by atoms with van der Waals surface area (Å²) in [5, 5.41) is 4.55. The number of thiazole rings is 1. The Balaban J connectivity index is 1.88. The molecule has 0 bridgehead atoms. The van der Waals surface area contributed by atoms with Gasteiger partial charge in [-0.15, -0.1) is 11.3 Å². The molecule has 1 amide bonds. The van der Waals surface area contributed by atoms with Gasteiger partial charge in [0.2, 0.25) is 0 Å². The average Bonchev–Trinajstić information content (AvgIpc) is 2.82. The van der Waals surface area contributed by atoms with Crippen LogP contribution in [0.5, 0.6) is 0 Å². The van der Waals surface area contributed by atoms with Crippen LogP contribution in [0, 0.1) is 5.82 Å². The zero-order chi connectivity index (χ0) is 12.1. The number of aromatic nitrogens is 2. The van der Waals surface area contributed by atoms with Crippen molar-refractivity contribution in [1.29, 1.82) is 0 Å². The first-order chi connectivity index (χ1) is 8.27. The number of hydrogen-bond donors (Lipinski definition) is 1. The maximum absolute atomic E-state index is 13.2. The first kappa shape index (κ1) is 11.7. The minimum absolute atomic E-state index is 0.0123. The van der Waals surface area contributed by atoms with Crippen molar-refractivity contribution in [3.05, 3.63) is 46.4 Å². The van der Waals surface area contributed by atoms with Crippen LogP contribution in [0.25, 0.3) is 0 Å². The molecule has 0 spiro atoms. The van der Waals surface area contributed by atoms with Crippen LogP contribution in [0.4, 0.5) is 4.39 Å². The highest BCUT2D eigenvalue weighted by molar-refractivity contribution is 7.07. The number of pyridine rings is 1. The highest BCUT2D eigenvalue weighted by Gasteiger charge is 2.10. The Labute approximate surface area is 102 Å². The fourth-order valence-electron chi connectivity index (χ4n) is 1.32. The SMILES string of the molecule is O=C(NCCc1cscn1)c1ccncc1F. The topological polar surface area (TPSA) is 54.9 Å². The maximum atomic E-state index is 13.2. The Morgan fingerprint density at radius 3 is 3.12 bits per heavy atom. The third kappa shape index (κ3) is 3.07. The molecule has 0 aromatic carbocycles. The molecule has 4 nitrogen and oxygen atoms in total. The van der Waals surface area contributed by atoms with Crippen LogP contribution in [-0.4, -0.2) is 22.4 Å². The molecule has 0 aliphatic heterocycles. The predicted molar refractivity (Wildman–Crippen MR) is 62.3 cm³/mol. The van der Waals surface area contributed by atoms with E-state index in [0.29, 0.717) is 13.0 Å². The standard InChI is InChI=1S/C11H10FN3OS/c12-10-5-13-3-2-9(10)11(16)14-4-1-8-6-17-7-15-8/h2-3,5-7H,1,4H2,(H,14,16). The van der Waals surface area contributed by atoms with E-state index in [2.05, 4.69) is 15.3 Å². The molecule has 88 valence electrons. The molecular formula is C11H10FN3OS. The lowest BCUT2D eigenvalue weighted by Gasteiger charge is -2.04. The van der Waals surface area contributed by atoms with Crippen molar-refractivity contribution in [3.8, 4) is 0 Å². The summed E-state index contributed by atoms with van der Waals surface area (Å²) >= 11 is 1.51. The highest BCUT2D eigenvalue weighted by Crippen LogP contribution is 2.04. The molecule has 0 radical (unpaired) electrons. The van der Waals surface area contributed by atoms with Crippen LogP contribution < -0.4 is 5.32 Å². The number of amides is 1. The van der Waals surface area contributed by atoms with E-state index in [1.54, 1.807) is 5.51 Å². The van der Waals surface area contributed by atoms with Gasteiger partial charge >= 0.3 is 0 Å². The largest absolute Gasteiger partial charge is 0.352 e. The molecule has 1 N–H and O–H groups in total. The van der Waals surface area contributed by atoms with Gasteiger partial charge in [-0.2, -0.15) is 0 Å². The zero-order valence-electron chi connectivity index (χ0n) is 8.89. The van der Waals surface area contributed by atoms with Crippen molar-refractivity contribution in [3.63, 3.8) is 0 Å². The summed E-state index contributed by atoms with van der Waals surface area (Å²) in [6.45, 7) is 0.435. The number of hydrogen-bond acceptors (Lipinski definition) is 4. The Hall–Kier alpha value is -1.82. The average molecular weight is 251 g/mol. The second-order valence-electron chi connectivity index (χ2n) is 3.34. The van der Waals surface area contributed by atoms with Gasteiger partial charge in [0.05, 0.1) is 23.0 Å². The Kier molecular flexibility index (Phi) is 3.77. The molecule has 2 aromatic rings. The van der Waals surface area contributed by atoms with Gasteiger partial charge in [0.15, 0.2) is 5.82 Å². The fraction of sp³-hybridized carbons (Fsp3) is 0.182. The molecule has 0 aliphatic carbocycles. The van der Waals surface area contributed by atoms with Gasteiger partial charge in [-0.05, 0) is 6.07 Å². The molecule has 2 aromatic heterocycles. The van der Waals surface area contributed by atoms with E-state index in [0.717, 1.165) is 11.9 Å². The predicted octanol–water partition coefficient (Wildman–Crippen LogP) is 1.65. The molecule has 0 fully saturated rings.